The second kappa shape index (κ2) is 4.95. The minimum atomic E-state index is -5.64. The van der Waals surface area contributed by atoms with Crippen molar-refractivity contribution in [2.45, 2.75) is 18.3 Å². The van der Waals surface area contributed by atoms with Crippen molar-refractivity contribution in [1.29, 1.82) is 0 Å². The largest absolute Gasteiger partial charge is 0.485 e. The SMILES string of the molecule is Nc1ccccc1OCC(F)(F)C(F)C(F)(F)F. The zero-order valence-corrected chi connectivity index (χ0v) is 8.85. The average Bonchev–Trinajstić information content (AvgIpc) is 2.26. The van der Waals surface area contributed by atoms with Crippen LogP contribution in [0.1, 0.15) is 0 Å². The Morgan fingerprint density at radius 2 is 1.67 bits per heavy atom. The molecule has 0 saturated heterocycles. The standard InChI is InChI=1S/C10H9F6NO/c11-8(10(14,15)16)9(12,13)5-18-7-4-2-1-3-6(7)17/h1-4,8H,5,17H2. The molecule has 1 aromatic rings. The van der Waals surface area contributed by atoms with Crippen LogP contribution in [0.15, 0.2) is 24.3 Å². The Hall–Kier alpha value is -1.60. The van der Waals surface area contributed by atoms with Gasteiger partial charge in [-0.3, -0.25) is 0 Å². The molecule has 2 nitrogen and oxygen atoms in total. The Morgan fingerprint density at radius 1 is 1.11 bits per heavy atom. The Morgan fingerprint density at radius 3 is 2.17 bits per heavy atom. The van der Waals surface area contributed by atoms with E-state index in [1.807, 2.05) is 0 Å². The Labute approximate surface area is 98.3 Å². The van der Waals surface area contributed by atoms with E-state index in [-0.39, 0.29) is 11.4 Å². The number of hydrogen-bond donors (Lipinski definition) is 1. The second-order valence-electron chi connectivity index (χ2n) is 3.49. The highest BCUT2D eigenvalue weighted by atomic mass is 19.4. The van der Waals surface area contributed by atoms with E-state index in [4.69, 9.17) is 5.73 Å². The zero-order chi connectivity index (χ0) is 14.0. The summed E-state index contributed by atoms with van der Waals surface area (Å²) in [6.07, 6.45) is -9.93. The van der Waals surface area contributed by atoms with Gasteiger partial charge in [-0.2, -0.15) is 22.0 Å². The molecule has 0 radical (unpaired) electrons. The third kappa shape index (κ3) is 3.44. The van der Waals surface area contributed by atoms with Crippen molar-refractivity contribution in [3.8, 4) is 5.75 Å². The van der Waals surface area contributed by atoms with E-state index >= 15 is 0 Å². The molecule has 0 heterocycles. The number of benzene rings is 1. The van der Waals surface area contributed by atoms with Gasteiger partial charge in [-0.15, -0.1) is 0 Å². The number of ether oxygens (including phenoxy) is 1. The van der Waals surface area contributed by atoms with E-state index in [0.717, 1.165) is 0 Å². The van der Waals surface area contributed by atoms with Crippen LogP contribution in [0.4, 0.5) is 32.0 Å². The molecule has 0 aliphatic carbocycles. The van der Waals surface area contributed by atoms with Gasteiger partial charge in [-0.05, 0) is 12.1 Å². The lowest BCUT2D eigenvalue weighted by atomic mass is 10.2. The van der Waals surface area contributed by atoms with Gasteiger partial charge < -0.3 is 10.5 Å². The predicted molar refractivity (Wildman–Crippen MR) is 52.2 cm³/mol. The van der Waals surface area contributed by atoms with Crippen LogP contribution in [-0.4, -0.2) is 24.9 Å². The second-order valence-corrected chi connectivity index (χ2v) is 3.49. The molecule has 0 saturated carbocycles. The lowest BCUT2D eigenvalue weighted by Gasteiger charge is -2.22. The van der Waals surface area contributed by atoms with Crippen LogP contribution < -0.4 is 10.5 Å². The first-order valence-corrected chi connectivity index (χ1v) is 4.70. The monoisotopic (exact) mass is 273 g/mol. The van der Waals surface area contributed by atoms with Crippen molar-refractivity contribution >= 4 is 5.69 Å². The van der Waals surface area contributed by atoms with Crippen LogP contribution in [0.25, 0.3) is 0 Å². The van der Waals surface area contributed by atoms with E-state index in [1.165, 1.54) is 24.3 Å². The first-order chi connectivity index (χ1) is 8.14. The van der Waals surface area contributed by atoms with Crippen molar-refractivity contribution in [3.05, 3.63) is 24.3 Å². The molecule has 0 aromatic heterocycles. The van der Waals surface area contributed by atoms with Crippen LogP contribution in [-0.2, 0) is 0 Å². The minimum Gasteiger partial charge on any atom is -0.485 e. The van der Waals surface area contributed by atoms with Gasteiger partial charge in [0.1, 0.15) is 5.75 Å². The van der Waals surface area contributed by atoms with E-state index in [0.29, 0.717) is 0 Å². The highest BCUT2D eigenvalue weighted by Crippen LogP contribution is 2.35. The lowest BCUT2D eigenvalue weighted by Crippen LogP contribution is -2.45. The molecule has 1 unspecified atom stereocenters. The van der Waals surface area contributed by atoms with Crippen LogP contribution >= 0.6 is 0 Å². The van der Waals surface area contributed by atoms with Crippen molar-refractivity contribution in [2.24, 2.45) is 0 Å². The molecule has 2 N–H and O–H groups in total. The van der Waals surface area contributed by atoms with E-state index in [1.54, 1.807) is 0 Å². The molecule has 0 fully saturated rings. The summed E-state index contributed by atoms with van der Waals surface area (Å²) in [5.74, 6) is -4.91. The summed E-state index contributed by atoms with van der Waals surface area (Å²) in [5.41, 5.74) is 5.29. The third-order valence-corrected chi connectivity index (χ3v) is 2.00. The van der Waals surface area contributed by atoms with Gasteiger partial charge in [-0.1, -0.05) is 12.1 Å². The van der Waals surface area contributed by atoms with Crippen molar-refractivity contribution in [3.63, 3.8) is 0 Å². The number of hydrogen-bond acceptors (Lipinski definition) is 2. The minimum absolute atomic E-state index is 0.0317. The summed E-state index contributed by atoms with van der Waals surface area (Å²) in [7, 11) is 0. The summed E-state index contributed by atoms with van der Waals surface area (Å²) in [6, 6.07) is 5.37. The molecule has 1 aromatic carbocycles. The van der Waals surface area contributed by atoms with Gasteiger partial charge in [0.05, 0.1) is 5.69 Å². The Kier molecular flexibility index (Phi) is 3.98. The zero-order valence-electron chi connectivity index (χ0n) is 8.85. The number of rotatable bonds is 4. The molecular formula is C10H9F6NO. The van der Waals surface area contributed by atoms with Gasteiger partial charge in [0.25, 0.3) is 6.17 Å². The predicted octanol–water partition coefficient (Wildman–Crippen LogP) is 3.18. The number of nitrogens with two attached hydrogens (primary N) is 1. The van der Waals surface area contributed by atoms with Gasteiger partial charge in [-0.25, -0.2) is 4.39 Å². The van der Waals surface area contributed by atoms with Crippen LogP contribution in [0, 0.1) is 0 Å². The van der Waals surface area contributed by atoms with Crippen molar-refractivity contribution in [2.75, 3.05) is 12.3 Å². The Bertz CT molecular complexity index is 406. The summed E-state index contributed by atoms with van der Waals surface area (Å²) in [5, 5.41) is 0. The molecule has 8 heteroatoms. The Balaban J connectivity index is 2.71. The van der Waals surface area contributed by atoms with Crippen LogP contribution in [0.5, 0.6) is 5.75 Å². The first-order valence-electron chi connectivity index (χ1n) is 4.70. The van der Waals surface area contributed by atoms with Crippen LogP contribution in [0.3, 0.4) is 0 Å². The summed E-state index contributed by atoms with van der Waals surface area (Å²) in [4.78, 5) is 0. The summed E-state index contributed by atoms with van der Waals surface area (Å²) >= 11 is 0. The van der Waals surface area contributed by atoms with Gasteiger partial charge in [0, 0.05) is 0 Å². The third-order valence-electron chi connectivity index (χ3n) is 2.00. The molecule has 1 rings (SSSR count). The maximum atomic E-state index is 12.9. The summed E-state index contributed by atoms with van der Waals surface area (Å²) in [6.45, 7) is -1.75. The number of para-hydroxylation sites is 2. The lowest BCUT2D eigenvalue weighted by molar-refractivity contribution is -0.249. The molecule has 0 bridgehead atoms. The smallest absolute Gasteiger partial charge is 0.425 e. The molecule has 0 spiro atoms. The molecular weight excluding hydrogens is 264 g/mol. The fourth-order valence-electron chi connectivity index (χ4n) is 1.10. The number of nitrogen functional groups attached to an aromatic ring is 1. The first kappa shape index (κ1) is 14.5. The fraction of sp³-hybridized carbons (Fsp3) is 0.400. The topological polar surface area (TPSA) is 35.2 Å². The summed E-state index contributed by atoms with van der Waals surface area (Å²) < 4.78 is 78.1. The number of alkyl halides is 6. The molecule has 102 valence electrons. The number of halogens is 6. The molecule has 1 atom stereocenters. The maximum absolute atomic E-state index is 12.9. The van der Waals surface area contributed by atoms with E-state index in [9.17, 15) is 26.3 Å². The van der Waals surface area contributed by atoms with Gasteiger partial charge in [0.15, 0.2) is 6.61 Å². The van der Waals surface area contributed by atoms with Crippen LogP contribution in [0.2, 0.25) is 0 Å². The normalized spacial score (nSPS) is 14.3. The maximum Gasteiger partial charge on any atom is 0.425 e. The fourth-order valence-corrected chi connectivity index (χ4v) is 1.10. The van der Waals surface area contributed by atoms with Crippen molar-refractivity contribution < 1.29 is 31.1 Å². The molecule has 18 heavy (non-hydrogen) atoms. The van der Waals surface area contributed by atoms with E-state index < -0.39 is 24.9 Å². The van der Waals surface area contributed by atoms with Crippen molar-refractivity contribution in [1.82, 2.24) is 0 Å². The quantitative estimate of drug-likeness (QED) is 0.675. The van der Waals surface area contributed by atoms with Gasteiger partial charge >= 0.3 is 12.1 Å². The molecule has 0 aliphatic heterocycles. The van der Waals surface area contributed by atoms with Gasteiger partial charge in [0.2, 0.25) is 0 Å². The molecule has 0 aliphatic rings. The van der Waals surface area contributed by atoms with E-state index in [2.05, 4.69) is 4.74 Å². The average molecular weight is 273 g/mol. The molecule has 0 amide bonds. The highest BCUT2D eigenvalue weighted by Gasteiger charge is 2.57. The number of anilines is 1. The highest BCUT2D eigenvalue weighted by molar-refractivity contribution is 5.51.